The molecule has 0 atom stereocenters. The molecule has 0 aliphatic rings. The van der Waals surface area contributed by atoms with Gasteiger partial charge in [0.1, 0.15) is 5.82 Å². The van der Waals surface area contributed by atoms with Crippen LogP contribution in [0.1, 0.15) is 22.8 Å². The lowest BCUT2D eigenvalue weighted by Crippen LogP contribution is -2.27. The summed E-state index contributed by atoms with van der Waals surface area (Å²) in [6.45, 7) is 4.91. The van der Waals surface area contributed by atoms with Crippen molar-refractivity contribution in [3.63, 3.8) is 0 Å². The van der Waals surface area contributed by atoms with Crippen LogP contribution in [0.4, 0.5) is 11.5 Å². The smallest absolute Gasteiger partial charge is 0.259 e. The third-order valence-electron chi connectivity index (χ3n) is 3.14. The molecule has 4 nitrogen and oxygen atoms in total. The second kappa shape index (κ2) is 6.19. The van der Waals surface area contributed by atoms with E-state index in [0.29, 0.717) is 11.4 Å². The van der Waals surface area contributed by atoms with E-state index in [1.165, 1.54) is 0 Å². The van der Waals surface area contributed by atoms with Crippen LogP contribution in [0.15, 0.2) is 42.6 Å². The molecule has 0 radical (unpaired) electrons. The first-order chi connectivity index (χ1) is 9.63. The maximum atomic E-state index is 12.4. The lowest BCUT2D eigenvalue weighted by atomic mass is 10.1. The Labute approximate surface area is 119 Å². The number of hydrogen-bond donors (Lipinski definition) is 1. The Morgan fingerprint density at radius 3 is 2.70 bits per heavy atom. The molecule has 2 aromatic rings. The molecule has 0 bridgehead atoms. The van der Waals surface area contributed by atoms with Crippen LogP contribution >= 0.6 is 0 Å². The minimum absolute atomic E-state index is 0.0603. The largest absolute Gasteiger partial charge is 0.385 e. The summed E-state index contributed by atoms with van der Waals surface area (Å²) in [5.41, 5.74) is 2.79. The standard InChI is InChI=1S/C16H19N3O/c1-4-17-14-9-8-13(11-12(14)2)16(20)19(3)15-7-5-6-10-18-15/h5-11,17H,4H2,1-3H3. The Morgan fingerprint density at radius 2 is 2.10 bits per heavy atom. The molecular formula is C16H19N3O. The first-order valence-electron chi connectivity index (χ1n) is 6.67. The van der Waals surface area contributed by atoms with Gasteiger partial charge in [-0.05, 0) is 49.7 Å². The number of carbonyl (C=O) groups excluding carboxylic acids is 1. The van der Waals surface area contributed by atoms with Crippen molar-refractivity contribution < 1.29 is 4.79 Å². The number of carbonyl (C=O) groups is 1. The van der Waals surface area contributed by atoms with Crippen molar-refractivity contribution in [2.75, 3.05) is 23.8 Å². The molecule has 1 aromatic heterocycles. The average molecular weight is 269 g/mol. The van der Waals surface area contributed by atoms with Crippen molar-refractivity contribution in [3.8, 4) is 0 Å². The van der Waals surface area contributed by atoms with Gasteiger partial charge < -0.3 is 5.32 Å². The zero-order valence-corrected chi connectivity index (χ0v) is 12.1. The third kappa shape index (κ3) is 2.96. The van der Waals surface area contributed by atoms with Crippen LogP contribution in [-0.2, 0) is 0 Å². The van der Waals surface area contributed by atoms with Crippen molar-refractivity contribution in [2.45, 2.75) is 13.8 Å². The number of rotatable bonds is 4. The average Bonchev–Trinajstić information content (AvgIpc) is 2.49. The zero-order chi connectivity index (χ0) is 14.5. The van der Waals surface area contributed by atoms with E-state index in [0.717, 1.165) is 17.8 Å². The molecule has 4 heteroatoms. The highest BCUT2D eigenvalue weighted by Gasteiger charge is 2.14. The first kappa shape index (κ1) is 14.1. The van der Waals surface area contributed by atoms with Gasteiger partial charge in [-0.3, -0.25) is 9.69 Å². The van der Waals surface area contributed by atoms with E-state index in [-0.39, 0.29) is 5.91 Å². The number of anilines is 2. The number of nitrogens with zero attached hydrogens (tertiary/aromatic N) is 2. The van der Waals surface area contributed by atoms with Crippen molar-refractivity contribution in [2.24, 2.45) is 0 Å². The highest BCUT2D eigenvalue weighted by atomic mass is 16.2. The highest BCUT2D eigenvalue weighted by Crippen LogP contribution is 2.18. The van der Waals surface area contributed by atoms with Gasteiger partial charge in [0.25, 0.3) is 5.91 Å². The fraction of sp³-hybridized carbons (Fsp3) is 0.250. The molecule has 20 heavy (non-hydrogen) atoms. The monoisotopic (exact) mass is 269 g/mol. The van der Waals surface area contributed by atoms with E-state index >= 15 is 0 Å². The Morgan fingerprint density at radius 1 is 1.30 bits per heavy atom. The predicted molar refractivity (Wildman–Crippen MR) is 82.3 cm³/mol. The summed E-state index contributed by atoms with van der Waals surface area (Å²) in [5, 5.41) is 3.27. The van der Waals surface area contributed by atoms with Gasteiger partial charge in [-0.2, -0.15) is 0 Å². The number of aromatic nitrogens is 1. The fourth-order valence-electron chi connectivity index (χ4n) is 2.04. The van der Waals surface area contributed by atoms with Crippen LogP contribution in [0.2, 0.25) is 0 Å². The lowest BCUT2D eigenvalue weighted by molar-refractivity contribution is 0.0992. The minimum atomic E-state index is -0.0603. The topological polar surface area (TPSA) is 45.2 Å². The van der Waals surface area contributed by atoms with Crippen LogP contribution in [0.5, 0.6) is 0 Å². The Balaban J connectivity index is 2.23. The molecule has 1 N–H and O–H groups in total. The fourth-order valence-corrected chi connectivity index (χ4v) is 2.04. The van der Waals surface area contributed by atoms with E-state index in [1.807, 2.05) is 50.2 Å². The second-order valence-corrected chi connectivity index (χ2v) is 4.61. The van der Waals surface area contributed by atoms with Crippen LogP contribution in [0, 0.1) is 6.92 Å². The van der Waals surface area contributed by atoms with Gasteiger partial charge >= 0.3 is 0 Å². The van der Waals surface area contributed by atoms with E-state index in [9.17, 15) is 4.79 Å². The van der Waals surface area contributed by atoms with Gasteiger partial charge in [0.15, 0.2) is 0 Å². The Kier molecular flexibility index (Phi) is 4.35. The number of aryl methyl sites for hydroxylation is 1. The molecule has 104 valence electrons. The van der Waals surface area contributed by atoms with Crippen molar-refractivity contribution in [1.29, 1.82) is 0 Å². The summed E-state index contributed by atoms with van der Waals surface area (Å²) < 4.78 is 0. The Bertz CT molecular complexity index is 596. The molecule has 1 amide bonds. The van der Waals surface area contributed by atoms with E-state index < -0.39 is 0 Å². The summed E-state index contributed by atoms with van der Waals surface area (Å²) in [7, 11) is 1.73. The highest BCUT2D eigenvalue weighted by molar-refractivity contribution is 6.05. The maximum absolute atomic E-state index is 12.4. The number of pyridine rings is 1. The predicted octanol–water partition coefficient (Wildman–Crippen LogP) is 3.10. The van der Waals surface area contributed by atoms with E-state index in [1.54, 1.807) is 18.1 Å². The van der Waals surface area contributed by atoms with Gasteiger partial charge in [-0.1, -0.05) is 6.07 Å². The maximum Gasteiger partial charge on any atom is 0.259 e. The van der Waals surface area contributed by atoms with E-state index in [4.69, 9.17) is 0 Å². The third-order valence-corrected chi connectivity index (χ3v) is 3.14. The quantitative estimate of drug-likeness (QED) is 0.927. The molecular weight excluding hydrogens is 250 g/mol. The molecule has 2 rings (SSSR count). The van der Waals surface area contributed by atoms with Crippen LogP contribution in [-0.4, -0.2) is 24.5 Å². The summed E-state index contributed by atoms with van der Waals surface area (Å²) in [5.74, 6) is 0.584. The van der Waals surface area contributed by atoms with Crippen LogP contribution in [0.25, 0.3) is 0 Å². The molecule has 1 aromatic carbocycles. The van der Waals surface area contributed by atoms with Crippen LogP contribution in [0.3, 0.4) is 0 Å². The molecule has 0 aliphatic carbocycles. The summed E-state index contributed by atoms with van der Waals surface area (Å²) in [4.78, 5) is 18.2. The number of nitrogens with one attached hydrogen (secondary N) is 1. The van der Waals surface area contributed by atoms with Crippen LogP contribution < -0.4 is 10.2 Å². The van der Waals surface area contributed by atoms with Gasteiger partial charge in [0.05, 0.1) is 0 Å². The molecule has 0 aliphatic heterocycles. The van der Waals surface area contributed by atoms with Crippen molar-refractivity contribution in [3.05, 3.63) is 53.7 Å². The molecule has 0 spiro atoms. The zero-order valence-electron chi connectivity index (χ0n) is 12.1. The molecule has 1 heterocycles. The normalized spacial score (nSPS) is 10.2. The second-order valence-electron chi connectivity index (χ2n) is 4.61. The molecule has 0 saturated carbocycles. The summed E-state index contributed by atoms with van der Waals surface area (Å²) in [6.07, 6.45) is 1.68. The van der Waals surface area contributed by atoms with Gasteiger partial charge in [-0.15, -0.1) is 0 Å². The Hall–Kier alpha value is -2.36. The minimum Gasteiger partial charge on any atom is -0.385 e. The SMILES string of the molecule is CCNc1ccc(C(=O)N(C)c2ccccn2)cc1C. The van der Waals surface area contributed by atoms with Gasteiger partial charge in [-0.25, -0.2) is 4.98 Å². The molecule has 0 unspecified atom stereocenters. The summed E-state index contributed by atoms with van der Waals surface area (Å²) in [6, 6.07) is 11.2. The van der Waals surface area contributed by atoms with Crippen molar-refractivity contribution >= 4 is 17.4 Å². The number of amides is 1. The molecule has 0 saturated heterocycles. The lowest BCUT2D eigenvalue weighted by Gasteiger charge is -2.17. The van der Waals surface area contributed by atoms with Crippen molar-refractivity contribution in [1.82, 2.24) is 4.98 Å². The van der Waals surface area contributed by atoms with Gasteiger partial charge in [0, 0.05) is 31.0 Å². The number of hydrogen-bond acceptors (Lipinski definition) is 3. The summed E-state index contributed by atoms with van der Waals surface area (Å²) >= 11 is 0. The van der Waals surface area contributed by atoms with E-state index in [2.05, 4.69) is 10.3 Å². The molecule has 0 fully saturated rings. The first-order valence-corrected chi connectivity index (χ1v) is 6.67. The van der Waals surface area contributed by atoms with Gasteiger partial charge in [0.2, 0.25) is 0 Å². The number of benzene rings is 1.